The first kappa shape index (κ1) is 15.5. The molecule has 6 nitrogen and oxygen atoms in total. The van der Waals surface area contributed by atoms with Gasteiger partial charge in [0.05, 0.1) is 7.11 Å². The van der Waals surface area contributed by atoms with Crippen LogP contribution in [0, 0.1) is 13.8 Å². The molecular formula is C12H17NO5S. The summed E-state index contributed by atoms with van der Waals surface area (Å²) in [7, 11) is -2.58. The Labute approximate surface area is 112 Å². The molecule has 0 heterocycles. The van der Waals surface area contributed by atoms with Crippen molar-refractivity contribution in [2.24, 2.45) is 0 Å². The van der Waals surface area contributed by atoms with Gasteiger partial charge in [0.2, 0.25) is 10.0 Å². The molecule has 106 valence electrons. The van der Waals surface area contributed by atoms with Crippen molar-refractivity contribution in [3.05, 3.63) is 23.3 Å². The topological polar surface area (TPSA) is 92.7 Å². The van der Waals surface area contributed by atoms with Gasteiger partial charge in [-0.1, -0.05) is 6.07 Å². The van der Waals surface area contributed by atoms with Gasteiger partial charge in [0.25, 0.3) is 0 Å². The molecule has 7 heteroatoms. The Hall–Kier alpha value is -1.60. The summed E-state index contributed by atoms with van der Waals surface area (Å²) in [6, 6.07) is 2.07. The fraction of sp³-hybridized carbons (Fsp3) is 0.417. The summed E-state index contributed by atoms with van der Waals surface area (Å²) in [5, 5.41) is 8.77. The molecule has 2 N–H and O–H groups in total. The zero-order valence-electron chi connectivity index (χ0n) is 11.2. The number of ether oxygens (including phenoxy) is 1. The monoisotopic (exact) mass is 287 g/mol. The van der Waals surface area contributed by atoms with Gasteiger partial charge in [-0.15, -0.1) is 0 Å². The summed E-state index contributed by atoms with van der Waals surface area (Å²) in [4.78, 5) is 10.7. The largest absolute Gasteiger partial charge is 0.495 e. The Bertz CT molecular complexity index is 594. The van der Waals surface area contributed by atoms with Crippen LogP contribution < -0.4 is 9.46 Å². The van der Waals surface area contributed by atoms with Crippen LogP contribution in [0.3, 0.4) is 0 Å². The molecular weight excluding hydrogens is 270 g/mol. The van der Waals surface area contributed by atoms with Crippen LogP contribution in [0.5, 0.6) is 5.75 Å². The summed E-state index contributed by atoms with van der Waals surface area (Å²) in [5.74, 6) is -1.05. The van der Waals surface area contributed by atoms with Crippen molar-refractivity contribution >= 4 is 16.0 Å². The normalized spacial score (nSPS) is 13.1. The smallest absolute Gasteiger partial charge is 0.321 e. The third-order valence-electron chi connectivity index (χ3n) is 2.58. The van der Waals surface area contributed by atoms with Crippen molar-refractivity contribution in [2.75, 3.05) is 7.11 Å². The van der Waals surface area contributed by atoms with Gasteiger partial charge in [0.15, 0.2) is 0 Å². The first-order valence-electron chi connectivity index (χ1n) is 5.59. The minimum absolute atomic E-state index is 0.0336. The lowest BCUT2D eigenvalue weighted by Gasteiger charge is -2.15. The maximum atomic E-state index is 12.2. The van der Waals surface area contributed by atoms with E-state index in [2.05, 4.69) is 4.72 Å². The van der Waals surface area contributed by atoms with E-state index >= 15 is 0 Å². The SMILES string of the molecule is COc1cc(C)cc(C)c1S(=O)(=O)N[C@H](C)C(=O)O. The van der Waals surface area contributed by atoms with Crippen molar-refractivity contribution < 1.29 is 23.1 Å². The van der Waals surface area contributed by atoms with Gasteiger partial charge in [-0.05, 0) is 38.0 Å². The lowest BCUT2D eigenvalue weighted by Crippen LogP contribution is -2.38. The highest BCUT2D eigenvalue weighted by Crippen LogP contribution is 2.28. The number of aryl methyl sites for hydroxylation is 2. The van der Waals surface area contributed by atoms with Crippen LogP contribution in [0.4, 0.5) is 0 Å². The van der Waals surface area contributed by atoms with E-state index in [4.69, 9.17) is 9.84 Å². The van der Waals surface area contributed by atoms with Crippen molar-refractivity contribution in [1.82, 2.24) is 4.72 Å². The van der Waals surface area contributed by atoms with E-state index in [9.17, 15) is 13.2 Å². The number of hydrogen-bond donors (Lipinski definition) is 2. The molecule has 0 aliphatic carbocycles. The molecule has 1 atom stereocenters. The lowest BCUT2D eigenvalue weighted by molar-refractivity contribution is -0.138. The van der Waals surface area contributed by atoms with Gasteiger partial charge in [0.1, 0.15) is 16.7 Å². The van der Waals surface area contributed by atoms with Gasteiger partial charge in [0, 0.05) is 0 Å². The first-order valence-corrected chi connectivity index (χ1v) is 7.07. The number of methoxy groups -OCH3 is 1. The Kier molecular flexibility index (Phi) is 4.54. The average Bonchev–Trinajstić information content (AvgIpc) is 2.26. The average molecular weight is 287 g/mol. The van der Waals surface area contributed by atoms with E-state index in [-0.39, 0.29) is 10.6 Å². The molecule has 1 rings (SSSR count). The van der Waals surface area contributed by atoms with E-state index in [1.54, 1.807) is 19.1 Å². The minimum Gasteiger partial charge on any atom is -0.495 e. The standard InChI is InChI=1S/C12H17NO5S/c1-7-5-8(2)11(10(6-7)18-4)19(16,17)13-9(3)12(14)15/h5-6,9,13H,1-4H3,(H,14,15)/t9-/m1/s1. The van der Waals surface area contributed by atoms with E-state index in [1.165, 1.54) is 14.0 Å². The highest BCUT2D eigenvalue weighted by Gasteiger charge is 2.26. The predicted molar refractivity (Wildman–Crippen MR) is 69.9 cm³/mol. The summed E-state index contributed by atoms with van der Waals surface area (Å²) in [5.41, 5.74) is 1.36. The Morgan fingerprint density at radius 1 is 1.37 bits per heavy atom. The number of aliphatic carboxylic acids is 1. The lowest BCUT2D eigenvalue weighted by atomic mass is 10.1. The van der Waals surface area contributed by atoms with Gasteiger partial charge >= 0.3 is 5.97 Å². The molecule has 19 heavy (non-hydrogen) atoms. The number of nitrogens with one attached hydrogen (secondary N) is 1. The summed E-state index contributed by atoms with van der Waals surface area (Å²) < 4.78 is 31.6. The maximum Gasteiger partial charge on any atom is 0.321 e. The van der Waals surface area contributed by atoms with Crippen LogP contribution >= 0.6 is 0 Å². The number of sulfonamides is 1. The second-order valence-electron chi connectivity index (χ2n) is 4.29. The van der Waals surface area contributed by atoms with Crippen molar-refractivity contribution in [1.29, 1.82) is 0 Å². The summed E-state index contributed by atoms with van der Waals surface area (Å²) in [6.45, 7) is 4.71. The Morgan fingerprint density at radius 2 is 1.95 bits per heavy atom. The predicted octanol–water partition coefficient (Wildman–Crippen LogP) is 1.06. The second kappa shape index (κ2) is 5.58. The molecule has 0 unspecified atom stereocenters. The van der Waals surface area contributed by atoms with Crippen LogP contribution in [0.2, 0.25) is 0 Å². The number of carboxylic acids is 1. The number of hydrogen-bond acceptors (Lipinski definition) is 4. The van der Waals surface area contributed by atoms with Crippen molar-refractivity contribution in [3.8, 4) is 5.75 Å². The maximum absolute atomic E-state index is 12.2. The van der Waals surface area contributed by atoms with Crippen LogP contribution in [-0.2, 0) is 14.8 Å². The zero-order chi connectivity index (χ0) is 14.8. The van der Waals surface area contributed by atoms with Crippen molar-refractivity contribution in [2.45, 2.75) is 31.7 Å². The fourth-order valence-corrected chi connectivity index (χ4v) is 3.33. The quantitative estimate of drug-likeness (QED) is 0.845. The third kappa shape index (κ3) is 3.45. The molecule has 0 spiro atoms. The molecule has 0 fully saturated rings. The van der Waals surface area contributed by atoms with Crippen LogP contribution in [0.25, 0.3) is 0 Å². The van der Waals surface area contributed by atoms with E-state index in [0.717, 1.165) is 5.56 Å². The minimum atomic E-state index is -3.95. The molecule has 0 saturated carbocycles. The van der Waals surface area contributed by atoms with E-state index in [1.807, 2.05) is 6.92 Å². The number of carbonyl (C=O) groups is 1. The molecule has 0 aromatic heterocycles. The third-order valence-corrected chi connectivity index (χ3v) is 4.30. The van der Waals surface area contributed by atoms with Crippen LogP contribution in [-0.4, -0.2) is 32.6 Å². The number of benzene rings is 1. The molecule has 0 aliphatic rings. The molecule has 1 aromatic carbocycles. The van der Waals surface area contributed by atoms with Crippen molar-refractivity contribution in [3.63, 3.8) is 0 Å². The molecule has 0 aliphatic heterocycles. The van der Waals surface area contributed by atoms with Crippen LogP contribution in [0.1, 0.15) is 18.1 Å². The van der Waals surface area contributed by atoms with Gasteiger partial charge in [-0.2, -0.15) is 4.72 Å². The van der Waals surface area contributed by atoms with Gasteiger partial charge < -0.3 is 9.84 Å². The number of carboxylic acid groups (broad SMARTS) is 1. The Balaban J connectivity index is 3.32. The van der Waals surface area contributed by atoms with Gasteiger partial charge in [-0.25, -0.2) is 8.42 Å². The highest BCUT2D eigenvalue weighted by molar-refractivity contribution is 7.89. The van der Waals surface area contributed by atoms with E-state index < -0.39 is 22.0 Å². The molecule has 1 aromatic rings. The van der Waals surface area contributed by atoms with E-state index in [0.29, 0.717) is 5.56 Å². The highest BCUT2D eigenvalue weighted by atomic mass is 32.2. The summed E-state index contributed by atoms with van der Waals surface area (Å²) >= 11 is 0. The summed E-state index contributed by atoms with van der Waals surface area (Å²) in [6.07, 6.45) is 0. The molecule has 0 radical (unpaired) electrons. The Morgan fingerprint density at radius 3 is 2.42 bits per heavy atom. The molecule has 0 amide bonds. The van der Waals surface area contributed by atoms with Gasteiger partial charge in [-0.3, -0.25) is 4.79 Å². The number of rotatable bonds is 5. The molecule has 0 saturated heterocycles. The first-order chi connectivity index (χ1) is 8.69. The molecule has 0 bridgehead atoms. The second-order valence-corrected chi connectivity index (χ2v) is 5.95. The zero-order valence-corrected chi connectivity index (χ0v) is 12.0. The fourth-order valence-electron chi connectivity index (χ4n) is 1.75. The van der Waals surface area contributed by atoms with Crippen LogP contribution in [0.15, 0.2) is 17.0 Å².